The molecule has 3 N–H and O–H groups in total. The molecule has 1 aliphatic rings. The Hall–Kier alpha value is -3.40. The minimum Gasteiger partial charge on any atom is -0.484 e. The Labute approximate surface area is 186 Å². The van der Waals surface area contributed by atoms with Gasteiger partial charge in [0.2, 0.25) is 0 Å². The fraction of sp³-hybridized carbons (Fsp3) is 0.238. The van der Waals surface area contributed by atoms with Crippen LogP contribution in [0.3, 0.4) is 0 Å². The molecule has 0 saturated heterocycles. The lowest BCUT2D eigenvalue weighted by Crippen LogP contribution is -2.45. The van der Waals surface area contributed by atoms with Gasteiger partial charge < -0.3 is 25.4 Å². The molecule has 11 heteroatoms. The molecule has 0 aromatic heterocycles. The van der Waals surface area contributed by atoms with E-state index in [0.29, 0.717) is 5.70 Å². The van der Waals surface area contributed by atoms with E-state index < -0.39 is 35.4 Å². The van der Waals surface area contributed by atoms with Crippen LogP contribution in [0.5, 0.6) is 11.5 Å². The lowest BCUT2D eigenvalue weighted by Gasteiger charge is -2.26. The first-order valence-corrected chi connectivity index (χ1v) is 9.83. The lowest BCUT2D eigenvalue weighted by atomic mass is 10.2. The van der Waals surface area contributed by atoms with E-state index in [0.717, 1.165) is 18.2 Å². The standard InChI is InChI=1S/C21H19ClF3N3O4/c1-11(28-20(29)10-31-12-2-3-13(22)14(23)6-12)4-5-26-21(30)19-9-27-17-7-15(24)16(25)8-18(17)32-19/h2-3,6-8,19,27H,1,4-5,9-10H2,(H,26,30)(H,28,29). The first kappa shape index (κ1) is 23.3. The second-order valence-electron chi connectivity index (χ2n) is 6.81. The number of fused-ring (bicyclic) bond motifs is 1. The number of benzene rings is 2. The molecule has 0 aliphatic carbocycles. The molecule has 0 bridgehead atoms. The highest BCUT2D eigenvalue weighted by molar-refractivity contribution is 6.30. The van der Waals surface area contributed by atoms with E-state index in [2.05, 4.69) is 22.5 Å². The summed E-state index contributed by atoms with van der Waals surface area (Å²) in [4.78, 5) is 24.2. The molecule has 7 nitrogen and oxygen atoms in total. The van der Waals surface area contributed by atoms with Crippen molar-refractivity contribution >= 4 is 29.1 Å². The molecule has 0 saturated carbocycles. The van der Waals surface area contributed by atoms with Crippen LogP contribution in [0, 0.1) is 17.5 Å². The van der Waals surface area contributed by atoms with Crippen LogP contribution in [0.15, 0.2) is 42.6 Å². The van der Waals surface area contributed by atoms with Crippen LogP contribution in [0.4, 0.5) is 18.9 Å². The van der Waals surface area contributed by atoms with Crippen LogP contribution in [0.2, 0.25) is 5.02 Å². The molecule has 3 rings (SSSR count). The zero-order chi connectivity index (χ0) is 23.3. The molecular weight excluding hydrogens is 451 g/mol. The summed E-state index contributed by atoms with van der Waals surface area (Å²) in [5, 5.41) is 7.87. The summed E-state index contributed by atoms with van der Waals surface area (Å²) in [6.07, 6.45) is -0.715. The lowest BCUT2D eigenvalue weighted by molar-refractivity contribution is -0.127. The first-order chi connectivity index (χ1) is 15.2. The van der Waals surface area contributed by atoms with Gasteiger partial charge in [-0.2, -0.15) is 0 Å². The highest BCUT2D eigenvalue weighted by Crippen LogP contribution is 2.31. The number of halogens is 4. The smallest absolute Gasteiger partial charge is 0.262 e. The Kier molecular flexibility index (Phi) is 7.47. The zero-order valence-electron chi connectivity index (χ0n) is 16.6. The quantitative estimate of drug-likeness (QED) is 0.553. The fourth-order valence-electron chi connectivity index (χ4n) is 2.77. The van der Waals surface area contributed by atoms with Gasteiger partial charge in [0, 0.05) is 36.9 Å². The van der Waals surface area contributed by atoms with Crippen molar-refractivity contribution in [3.8, 4) is 11.5 Å². The summed E-state index contributed by atoms with van der Waals surface area (Å²) in [7, 11) is 0. The average molecular weight is 470 g/mol. The summed E-state index contributed by atoms with van der Waals surface area (Å²) < 4.78 is 50.5. The Bertz CT molecular complexity index is 1050. The van der Waals surface area contributed by atoms with Gasteiger partial charge in [0.25, 0.3) is 11.8 Å². The van der Waals surface area contributed by atoms with E-state index in [4.69, 9.17) is 21.1 Å². The van der Waals surface area contributed by atoms with Gasteiger partial charge >= 0.3 is 0 Å². The number of nitrogens with one attached hydrogen (secondary N) is 3. The zero-order valence-corrected chi connectivity index (χ0v) is 17.4. The number of hydrogen-bond donors (Lipinski definition) is 3. The van der Waals surface area contributed by atoms with E-state index in [1.165, 1.54) is 12.1 Å². The normalized spacial score (nSPS) is 14.4. The van der Waals surface area contributed by atoms with Crippen molar-refractivity contribution in [1.82, 2.24) is 10.6 Å². The minimum absolute atomic E-state index is 0.0348. The average Bonchev–Trinajstić information content (AvgIpc) is 2.75. The summed E-state index contributed by atoms with van der Waals surface area (Å²) >= 11 is 5.58. The summed E-state index contributed by atoms with van der Waals surface area (Å²) in [6, 6.07) is 5.62. The maximum atomic E-state index is 13.4. The largest absolute Gasteiger partial charge is 0.484 e. The van der Waals surface area contributed by atoms with Gasteiger partial charge in [-0.1, -0.05) is 18.2 Å². The van der Waals surface area contributed by atoms with Crippen LogP contribution in [-0.4, -0.2) is 37.6 Å². The molecule has 170 valence electrons. The van der Waals surface area contributed by atoms with Gasteiger partial charge in [-0.25, -0.2) is 13.2 Å². The van der Waals surface area contributed by atoms with Crippen LogP contribution in [0.25, 0.3) is 0 Å². The highest BCUT2D eigenvalue weighted by Gasteiger charge is 2.27. The molecule has 2 aromatic rings. The van der Waals surface area contributed by atoms with E-state index in [1.54, 1.807) is 0 Å². The number of ether oxygens (including phenoxy) is 2. The van der Waals surface area contributed by atoms with Crippen molar-refractivity contribution < 1.29 is 32.2 Å². The molecule has 0 fully saturated rings. The molecule has 0 spiro atoms. The van der Waals surface area contributed by atoms with Gasteiger partial charge in [-0.15, -0.1) is 0 Å². The molecule has 32 heavy (non-hydrogen) atoms. The SMILES string of the molecule is C=C(CCNC(=O)C1CNc2cc(F)c(F)cc2O1)NC(=O)COc1ccc(Cl)c(F)c1. The summed E-state index contributed by atoms with van der Waals surface area (Å²) in [5.41, 5.74) is 0.583. The molecule has 2 amide bonds. The van der Waals surface area contributed by atoms with Crippen molar-refractivity contribution in [1.29, 1.82) is 0 Å². The second-order valence-corrected chi connectivity index (χ2v) is 7.21. The van der Waals surface area contributed by atoms with E-state index in [1.807, 2.05) is 0 Å². The van der Waals surface area contributed by atoms with E-state index in [9.17, 15) is 22.8 Å². The maximum Gasteiger partial charge on any atom is 0.262 e. The Balaban J connectivity index is 1.37. The molecule has 1 unspecified atom stereocenters. The van der Waals surface area contributed by atoms with Gasteiger partial charge in [0.1, 0.15) is 17.3 Å². The number of amides is 2. The maximum absolute atomic E-state index is 13.4. The first-order valence-electron chi connectivity index (χ1n) is 9.45. The summed E-state index contributed by atoms with van der Waals surface area (Å²) in [5.74, 6) is -3.57. The number of anilines is 1. The van der Waals surface area contributed by atoms with Gasteiger partial charge in [-0.05, 0) is 12.1 Å². The molecule has 1 atom stereocenters. The molecular formula is C21H19ClF3N3O4. The second kappa shape index (κ2) is 10.3. The third-order valence-corrected chi connectivity index (χ3v) is 4.67. The van der Waals surface area contributed by atoms with Crippen molar-refractivity contribution in [3.63, 3.8) is 0 Å². The van der Waals surface area contributed by atoms with Crippen LogP contribution in [0.1, 0.15) is 6.42 Å². The minimum atomic E-state index is -1.08. The number of rotatable bonds is 8. The molecule has 1 aliphatic heterocycles. The van der Waals surface area contributed by atoms with Crippen molar-refractivity contribution in [2.24, 2.45) is 0 Å². The van der Waals surface area contributed by atoms with Crippen LogP contribution in [-0.2, 0) is 9.59 Å². The fourth-order valence-corrected chi connectivity index (χ4v) is 2.89. The number of hydrogen-bond acceptors (Lipinski definition) is 5. The molecule has 2 aromatic carbocycles. The molecule has 1 heterocycles. The predicted octanol–water partition coefficient (Wildman–Crippen LogP) is 3.15. The highest BCUT2D eigenvalue weighted by atomic mass is 35.5. The monoisotopic (exact) mass is 469 g/mol. The van der Waals surface area contributed by atoms with Crippen LogP contribution < -0.4 is 25.4 Å². The number of carbonyl (C=O) groups is 2. The topological polar surface area (TPSA) is 88.7 Å². The van der Waals surface area contributed by atoms with Crippen molar-refractivity contribution in [2.45, 2.75) is 12.5 Å². The van der Waals surface area contributed by atoms with Crippen LogP contribution >= 0.6 is 11.6 Å². The predicted molar refractivity (Wildman–Crippen MR) is 111 cm³/mol. The number of carbonyl (C=O) groups excluding carboxylic acids is 2. The van der Waals surface area contributed by atoms with E-state index in [-0.39, 0.29) is 48.3 Å². The Morgan fingerprint density at radius 2 is 1.94 bits per heavy atom. The third kappa shape index (κ3) is 6.07. The summed E-state index contributed by atoms with van der Waals surface area (Å²) in [6.45, 7) is 3.54. The van der Waals surface area contributed by atoms with Gasteiger partial charge in [-0.3, -0.25) is 9.59 Å². The van der Waals surface area contributed by atoms with Crippen molar-refractivity contribution in [2.75, 3.05) is 25.0 Å². The Morgan fingerprint density at radius 3 is 2.69 bits per heavy atom. The molecule has 0 radical (unpaired) electrons. The third-order valence-electron chi connectivity index (χ3n) is 4.37. The van der Waals surface area contributed by atoms with Gasteiger partial charge in [0.15, 0.2) is 24.3 Å². The van der Waals surface area contributed by atoms with E-state index >= 15 is 0 Å². The van der Waals surface area contributed by atoms with Crippen molar-refractivity contribution in [3.05, 3.63) is 65.1 Å². The Morgan fingerprint density at radius 1 is 1.19 bits per heavy atom. The van der Waals surface area contributed by atoms with Gasteiger partial charge in [0.05, 0.1) is 17.3 Å².